The zero-order valence-corrected chi connectivity index (χ0v) is 26.0. The van der Waals surface area contributed by atoms with Gasteiger partial charge in [-0.3, -0.25) is 0 Å². The molecule has 0 bridgehead atoms. The van der Waals surface area contributed by atoms with E-state index in [1.54, 1.807) is 0 Å². The van der Waals surface area contributed by atoms with Gasteiger partial charge in [0.1, 0.15) is 0 Å². The summed E-state index contributed by atoms with van der Waals surface area (Å²) in [5.74, 6) is 2.85. The van der Waals surface area contributed by atoms with Crippen LogP contribution in [0.1, 0.15) is 141 Å². The van der Waals surface area contributed by atoms with E-state index >= 15 is 0 Å². The molecule has 3 aliphatic rings. The van der Waals surface area contributed by atoms with Crippen molar-refractivity contribution in [1.82, 2.24) is 10.6 Å². The summed E-state index contributed by atoms with van der Waals surface area (Å²) in [5.41, 5.74) is 0. The molecule has 3 saturated heterocycles. The topological polar surface area (TPSA) is 28.5 Å². The Morgan fingerprint density at radius 1 is 0.538 bits per heavy atom. The lowest BCUT2D eigenvalue weighted by Gasteiger charge is -2.30. The van der Waals surface area contributed by atoms with E-state index in [1.807, 2.05) is 4.90 Å². The van der Waals surface area contributed by atoms with Gasteiger partial charge in [-0.15, -0.1) is 0 Å². The molecule has 3 nitrogen and oxygen atoms in total. The van der Waals surface area contributed by atoms with Crippen molar-refractivity contribution in [3.05, 3.63) is 24.3 Å². The second kappa shape index (κ2) is 23.0. The van der Waals surface area contributed by atoms with Crippen LogP contribution >= 0.6 is 0 Å². The van der Waals surface area contributed by atoms with E-state index < -0.39 is 0 Å². The van der Waals surface area contributed by atoms with Crippen molar-refractivity contribution in [3.63, 3.8) is 0 Å². The quantitative estimate of drug-likeness (QED) is 0.103. The minimum atomic E-state index is 0.897. The van der Waals surface area contributed by atoms with Crippen molar-refractivity contribution in [1.29, 1.82) is 0 Å². The Bertz CT molecular complexity index is 602. The first-order chi connectivity index (χ1) is 19.4. The van der Waals surface area contributed by atoms with Gasteiger partial charge in [-0.1, -0.05) is 62.8 Å². The summed E-state index contributed by atoms with van der Waals surface area (Å²) in [5, 5.41) is 7.07. The summed E-state index contributed by atoms with van der Waals surface area (Å²) >= 11 is 0. The summed E-state index contributed by atoms with van der Waals surface area (Å²) < 4.78 is 0. The number of allylic oxidation sites excluding steroid dienone is 4. The van der Waals surface area contributed by atoms with Crippen LogP contribution in [-0.2, 0) is 0 Å². The van der Waals surface area contributed by atoms with Crippen LogP contribution in [-0.4, -0.2) is 45.8 Å². The smallest absolute Gasteiger partial charge is 0.0799 e. The molecular formula is C36H68N3+. The summed E-state index contributed by atoms with van der Waals surface area (Å²) in [6, 6.07) is 0. The molecule has 3 fully saturated rings. The summed E-state index contributed by atoms with van der Waals surface area (Å²) in [7, 11) is 0. The molecule has 0 aromatic rings. The zero-order valence-electron chi connectivity index (χ0n) is 26.0. The van der Waals surface area contributed by atoms with Gasteiger partial charge in [0.25, 0.3) is 0 Å². The summed E-state index contributed by atoms with van der Waals surface area (Å²) in [6.45, 7) is 9.33. The number of likely N-dealkylation sites (tertiary alicyclic amines) is 1. The molecular weight excluding hydrogens is 474 g/mol. The fourth-order valence-electron chi connectivity index (χ4n) is 7.39. The lowest BCUT2D eigenvalue weighted by atomic mass is 9.92. The third-order valence-corrected chi connectivity index (χ3v) is 9.95. The van der Waals surface area contributed by atoms with Gasteiger partial charge >= 0.3 is 0 Å². The molecule has 0 aromatic heterocycles. The second-order valence-electron chi connectivity index (χ2n) is 13.5. The molecule has 4 atom stereocenters. The Morgan fingerprint density at radius 2 is 1.15 bits per heavy atom. The van der Waals surface area contributed by atoms with Gasteiger partial charge in [-0.25, -0.2) is 0 Å². The lowest BCUT2D eigenvalue weighted by molar-refractivity contribution is -0.909. The molecule has 226 valence electrons. The molecule has 3 aliphatic heterocycles. The zero-order chi connectivity index (χ0) is 27.1. The average molecular weight is 543 g/mol. The fourth-order valence-corrected chi connectivity index (χ4v) is 7.39. The predicted octanol–water partition coefficient (Wildman–Crippen LogP) is 7.63. The van der Waals surface area contributed by atoms with E-state index in [0.29, 0.717) is 0 Å². The molecule has 4 unspecified atom stereocenters. The highest BCUT2D eigenvalue weighted by Gasteiger charge is 2.22. The van der Waals surface area contributed by atoms with E-state index in [1.165, 1.54) is 187 Å². The van der Waals surface area contributed by atoms with Crippen molar-refractivity contribution in [3.8, 4) is 0 Å². The molecule has 3 N–H and O–H groups in total. The molecule has 0 saturated carbocycles. The predicted molar refractivity (Wildman–Crippen MR) is 172 cm³/mol. The van der Waals surface area contributed by atoms with Crippen molar-refractivity contribution in [2.24, 2.45) is 17.8 Å². The molecule has 0 radical (unpaired) electrons. The Kier molecular flexibility index (Phi) is 19.4. The number of quaternary nitrogens is 1. The van der Waals surface area contributed by atoms with Crippen molar-refractivity contribution >= 4 is 0 Å². The Morgan fingerprint density at radius 3 is 1.90 bits per heavy atom. The van der Waals surface area contributed by atoms with Gasteiger partial charge in [-0.2, -0.15) is 0 Å². The SMILES string of the molecule is C(=CCC1CCCNC1)CCCCCCCC[NH+]1CCCC(CCCCCCC=CCCC2CCCNC2)C1. The van der Waals surface area contributed by atoms with Crippen molar-refractivity contribution < 1.29 is 4.90 Å². The maximum atomic E-state index is 3.54. The Balaban J connectivity index is 1.05. The third kappa shape index (κ3) is 17.0. The minimum Gasteiger partial charge on any atom is -0.335 e. The molecule has 0 spiro atoms. The number of rotatable bonds is 21. The summed E-state index contributed by atoms with van der Waals surface area (Å²) in [4.78, 5) is 1.93. The molecule has 3 heteroatoms. The van der Waals surface area contributed by atoms with Crippen LogP contribution in [0.5, 0.6) is 0 Å². The average Bonchev–Trinajstić information content (AvgIpc) is 2.98. The standard InChI is InChI=1S/C36H67N3/c1(2-6-10-14-21-34-24-18-27-37-31-34)5-9-13-17-29-39-30-20-26-36(33-39)23-16-12-8-4-3-7-11-15-22-35-25-19-28-38-32-35/h7,10-11,14,34-38H,1-6,8-9,12-13,15-33H2/p+1. The van der Waals surface area contributed by atoms with Gasteiger partial charge in [0.2, 0.25) is 0 Å². The van der Waals surface area contributed by atoms with Crippen molar-refractivity contribution in [2.75, 3.05) is 45.8 Å². The largest absolute Gasteiger partial charge is 0.335 e. The number of hydrogen-bond donors (Lipinski definition) is 3. The van der Waals surface area contributed by atoms with Crippen LogP contribution in [0.15, 0.2) is 24.3 Å². The Hall–Kier alpha value is -0.640. The molecule has 0 amide bonds. The normalized spacial score (nSPS) is 26.6. The van der Waals surface area contributed by atoms with Crippen LogP contribution in [0.2, 0.25) is 0 Å². The van der Waals surface area contributed by atoms with Crippen molar-refractivity contribution in [2.45, 2.75) is 141 Å². The van der Waals surface area contributed by atoms with Crippen LogP contribution < -0.4 is 15.5 Å². The molecule has 3 heterocycles. The number of nitrogens with one attached hydrogen (secondary N) is 3. The number of piperidine rings is 3. The van der Waals surface area contributed by atoms with E-state index in [9.17, 15) is 0 Å². The van der Waals surface area contributed by atoms with E-state index in [2.05, 4.69) is 34.9 Å². The maximum absolute atomic E-state index is 3.54. The van der Waals surface area contributed by atoms with E-state index in [-0.39, 0.29) is 0 Å². The molecule has 0 aromatic carbocycles. The lowest BCUT2D eigenvalue weighted by Crippen LogP contribution is -3.13. The number of unbranched alkanes of at least 4 members (excludes halogenated alkanes) is 10. The first kappa shape index (κ1) is 32.9. The molecule has 3 rings (SSSR count). The third-order valence-electron chi connectivity index (χ3n) is 9.95. The number of hydrogen-bond acceptors (Lipinski definition) is 2. The van der Waals surface area contributed by atoms with Crippen LogP contribution in [0.3, 0.4) is 0 Å². The first-order valence-corrected chi connectivity index (χ1v) is 17.9. The van der Waals surface area contributed by atoms with Gasteiger partial charge in [0, 0.05) is 5.92 Å². The van der Waals surface area contributed by atoms with Crippen LogP contribution in [0.4, 0.5) is 0 Å². The van der Waals surface area contributed by atoms with Gasteiger partial charge in [0.15, 0.2) is 0 Å². The molecule has 39 heavy (non-hydrogen) atoms. The van der Waals surface area contributed by atoms with Gasteiger partial charge in [0.05, 0.1) is 19.6 Å². The van der Waals surface area contributed by atoms with E-state index in [4.69, 9.17) is 0 Å². The highest BCUT2D eigenvalue weighted by molar-refractivity contribution is 4.86. The van der Waals surface area contributed by atoms with Gasteiger partial charge < -0.3 is 15.5 Å². The molecule has 0 aliphatic carbocycles. The Labute approximate surface area is 244 Å². The highest BCUT2D eigenvalue weighted by Crippen LogP contribution is 2.19. The summed E-state index contributed by atoms with van der Waals surface area (Å²) in [6.07, 6.45) is 41.0. The first-order valence-electron chi connectivity index (χ1n) is 17.9. The fraction of sp³-hybridized carbons (Fsp3) is 0.889. The van der Waals surface area contributed by atoms with E-state index in [0.717, 1.165) is 17.8 Å². The monoisotopic (exact) mass is 543 g/mol. The highest BCUT2D eigenvalue weighted by atomic mass is 15.1. The van der Waals surface area contributed by atoms with Gasteiger partial charge in [-0.05, 0) is 141 Å². The minimum absolute atomic E-state index is 0.897. The van der Waals surface area contributed by atoms with Crippen LogP contribution in [0, 0.1) is 17.8 Å². The maximum Gasteiger partial charge on any atom is 0.0799 e. The van der Waals surface area contributed by atoms with Crippen LogP contribution in [0.25, 0.3) is 0 Å². The second-order valence-corrected chi connectivity index (χ2v) is 13.5.